The molecule has 4 N–H and O–H groups in total. The number of unbranched alkanes of at least 4 members (excludes halogenated alkanes) is 1. The second-order valence-electron chi connectivity index (χ2n) is 6.27. The Morgan fingerprint density at radius 1 is 1.28 bits per heavy atom. The van der Waals surface area contributed by atoms with Crippen LogP contribution in [0.25, 0.3) is 0 Å². The van der Waals surface area contributed by atoms with Gasteiger partial charge >= 0.3 is 5.69 Å². The first-order valence-electron chi connectivity index (χ1n) is 9.02. The van der Waals surface area contributed by atoms with Gasteiger partial charge in [-0.2, -0.15) is 0 Å². The minimum Gasteiger partial charge on any atom is -0.383 e. The molecule has 0 aliphatic rings. The number of anilines is 2. The number of carbonyl (C=O) groups excluding carboxylic acids is 1. The van der Waals surface area contributed by atoms with E-state index in [1.165, 1.54) is 4.57 Å². The molecule has 0 bridgehead atoms. The van der Waals surface area contributed by atoms with Crippen LogP contribution in [0.3, 0.4) is 0 Å². The van der Waals surface area contributed by atoms with Crippen molar-refractivity contribution in [1.82, 2.24) is 14.9 Å². The maximum absolute atomic E-state index is 12.3. The predicted molar refractivity (Wildman–Crippen MR) is 101 cm³/mol. The number of amides is 1. The average Bonchev–Trinajstić information content (AvgIpc) is 2.53. The molecule has 1 amide bonds. The molecular formula is C17H31N5O3. The molecule has 0 aliphatic carbocycles. The molecule has 25 heavy (non-hydrogen) atoms. The number of hydrogen-bond donors (Lipinski definition) is 3. The second-order valence-corrected chi connectivity index (χ2v) is 6.27. The van der Waals surface area contributed by atoms with Crippen molar-refractivity contribution in [3.05, 3.63) is 20.8 Å². The number of aromatic amines is 1. The summed E-state index contributed by atoms with van der Waals surface area (Å²) in [7, 11) is 0. The van der Waals surface area contributed by atoms with Gasteiger partial charge in [0.15, 0.2) is 0 Å². The fraction of sp³-hybridized carbons (Fsp3) is 0.706. The lowest BCUT2D eigenvalue weighted by molar-refractivity contribution is -0.120. The third-order valence-electron chi connectivity index (χ3n) is 4.11. The van der Waals surface area contributed by atoms with E-state index in [4.69, 9.17) is 5.73 Å². The number of H-pyrrole nitrogens is 1. The van der Waals surface area contributed by atoms with E-state index in [2.05, 4.69) is 17.2 Å². The Morgan fingerprint density at radius 2 is 1.96 bits per heavy atom. The van der Waals surface area contributed by atoms with E-state index in [0.29, 0.717) is 13.1 Å². The summed E-state index contributed by atoms with van der Waals surface area (Å²) in [6.45, 7) is 8.72. The molecule has 1 aromatic rings. The van der Waals surface area contributed by atoms with Gasteiger partial charge in [-0.05, 0) is 26.7 Å². The molecule has 142 valence electrons. The number of nitrogen functional groups attached to an aromatic ring is 1. The van der Waals surface area contributed by atoms with E-state index in [1.54, 1.807) is 4.90 Å². The number of nitrogens with two attached hydrogens (primary N) is 1. The van der Waals surface area contributed by atoms with Crippen LogP contribution in [0, 0.1) is 0 Å². The van der Waals surface area contributed by atoms with Crippen LogP contribution in [0.1, 0.15) is 53.4 Å². The Morgan fingerprint density at radius 3 is 2.52 bits per heavy atom. The van der Waals surface area contributed by atoms with E-state index in [0.717, 1.165) is 25.7 Å². The average molecular weight is 353 g/mol. The lowest BCUT2D eigenvalue weighted by Crippen LogP contribution is -2.44. The van der Waals surface area contributed by atoms with Crippen molar-refractivity contribution in [3.63, 3.8) is 0 Å². The third-order valence-corrected chi connectivity index (χ3v) is 4.11. The smallest absolute Gasteiger partial charge is 0.330 e. The van der Waals surface area contributed by atoms with Crippen LogP contribution in [0.5, 0.6) is 0 Å². The monoisotopic (exact) mass is 353 g/mol. The Hall–Kier alpha value is -2.25. The topological polar surface area (TPSA) is 113 Å². The molecule has 0 aliphatic heterocycles. The number of nitrogens with zero attached hydrogens (tertiary/aromatic N) is 2. The lowest BCUT2D eigenvalue weighted by atomic mass is 10.2. The highest BCUT2D eigenvalue weighted by Crippen LogP contribution is 2.16. The van der Waals surface area contributed by atoms with Crippen molar-refractivity contribution in [2.24, 2.45) is 0 Å². The zero-order valence-corrected chi connectivity index (χ0v) is 15.7. The van der Waals surface area contributed by atoms with Gasteiger partial charge < -0.3 is 16.0 Å². The molecule has 0 unspecified atom stereocenters. The van der Waals surface area contributed by atoms with Gasteiger partial charge in [0.1, 0.15) is 11.5 Å². The SMILES string of the molecule is CCCCn1c(N)c(N(CC)CC(=O)N[C@@H](C)CCC)c(=O)[nH]c1=O. The van der Waals surface area contributed by atoms with Crippen molar-refractivity contribution in [2.45, 2.75) is 66.0 Å². The maximum atomic E-state index is 12.3. The number of nitrogens with one attached hydrogen (secondary N) is 2. The van der Waals surface area contributed by atoms with Crippen molar-refractivity contribution in [3.8, 4) is 0 Å². The van der Waals surface area contributed by atoms with Gasteiger partial charge in [-0.3, -0.25) is 19.1 Å². The summed E-state index contributed by atoms with van der Waals surface area (Å²) in [4.78, 5) is 40.4. The summed E-state index contributed by atoms with van der Waals surface area (Å²) in [5, 5.41) is 2.91. The molecule has 1 heterocycles. The summed E-state index contributed by atoms with van der Waals surface area (Å²) >= 11 is 0. The van der Waals surface area contributed by atoms with Gasteiger partial charge in [0.2, 0.25) is 5.91 Å². The van der Waals surface area contributed by atoms with Gasteiger partial charge in [-0.25, -0.2) is 4.79 Å². The van der Waals surface area contributed by atoms with E-state index in [9.17, 15) is 14.4 Å². The predicted octanol–water partition coefficient (Wildman–Crippen LogP) is 1.05. The zero-order chi connectivity index (χ0) is 19.0. The molecule has 1 aromatic heterocycles. The standard InChI is InChI=1S/C17H31N5O3/c1-5-8-10-22-15(18)14(16(24)20-17(22)25)21(7-3)11-13(23)19-12(4)9-6-2/h12H,5-11,18H2,1-4H3,(H,19,23)(H,20,24,25)/t12-/m0/s1. The number of hydrogen-bond acceptors (Lipinski definition) is 5. The Bertz CT molecular complexity index is 680. The van der Waals surface area contributed by atoms with Gasteiger partial charge in [0.05, 0.1) is 6.54 Å². The lowest BCUT2D eigenvalue weighted by Gasteiger charge is -2.25. The normalized spacial score (nSPS) is 12.0. The van der Waals surface area contributed by atoms with Crippen molar-refractivity contribution < 1.29 is 4.79 Å². The van der Waals surface area contributed by atoms with Crippen LogP contribution in [0.15, 0.2) is 9.59 Å². The fourth-order valence-electron chi connectivity index (χ4n) is 2.77. The summed E-state index contributed by atoms with van der Waals surface area (Å²) in [5.41, 5.74) is 5.19. The van der Waals surface area contributed by atoms with E-state index in [1.807, 2.05) is 20.8 Å². The molecule has 0 aromatic carbocycles. The highest BCUT2D eigenvalue weighted by atomic mass is 16.2. The summed E-state index contributed by atoms with van der Waals surface area (Å²) in [6.07, 6.45) is 3.54. The highest BCUT2D eigenvalue weighted by molar-refractivity contribution is 5.82. The van der Waals surface area contributed by atoms with E-state index >= 15 is 0 Å². The first-order valence-corrected chi connectivity index (χ1v) is 9.02. The third kappa shape index (κ3) is 5.65. The number of carbonyl (C=O) groups is 1. The highest BCUT2D eigenvalue weighted by Gasteiger charge is 2.20. The minimum absolute atomic E-state index is 0.0177. The maximum Gasteiger partial charge on any atom is 0.330 e. The fourth-order valence-corrected chi connectivity index (χ4v) is 2.77. The molecule has 0 fully saturated rings. The first-order chi connectivity index (χ1) is 11.8. The number of likely N-dealkylation sites (N-methyl/N-ethyl adjacent to an activating group) is 1. The molecular weight excluding hydrogens is 322 g/mol. The Balaban J connectivity index is 3.08. The van der Waals surface area contributed by atoms with Crippen molar-refractivity contribution >= 4 is 17.4 Å². The minimum atomic E-state index is -0.563. The molecule has 1 rings (SSSR count). The first kappa shape index (κ1) is 20.8. The summed E-state index contributed by atoms with van der Waals surface area (Å²) < 4.78 is 1.36. The summed E-state index contributed by atoms with van der Waals surface area (Å²) in [6, 6.07) is 0.0744. The van der Waals surface area contributed by atoms with Gasteiger partial charge in [0, 0.05) is 19.1 Å². The van der Waals surface area contributed by atoms with Crippen molar-refractivity contribution in [1.29, 1.82) is 0 Å². The van der Waals surface area contributed by atoms with E-state index < -0.39 is 11.2 Å². The molecule has 8 heteroatoms. The van der Waals surface area contributed by atoms with Gasteiger partial charge in [-0.15, -0.1) is 0 Å². The Kier molecular flexibility index (Phi) is 8.24. The second kappa shape index (κ2) is 9.90. The number of rotatable bonds is 10. The van der Waals surface area contributed by atoms with Crippen LogP contribution in [-0.2, 0) is 11.3 Å². The number of aromatic nitrogens is 2. The van der Waals surface area contributed by atoms with Crippen LogP contribution >= 0.6 is 0 Å². The van der Waals surface area contributed by atoms with Crippen LogP contribution in [-0.4, -0.2) is 34.6 Å². The van der Waals surface area contributed by atoms with Crippen LogP contribution in [0.2, 0.25) is 0 Å². The largest absolute Gasteiger partial charge is 0.383 e. The van der Waals surface area contributed by atoms with Gasteiger partial charge in [0.25, 0.3) is 5.56 Å². The quantitative estimate of drug-likeness (QED) is 0.582. The van der Waals surface area contributed by atoms with Crippen LogP contribution in [0.4, 0.5) is 11.5 Å². The molecule has 8 nitrogen and oxygen atoms in total. The molecule has 0 radical (unpaired) electrons. The molecule has 1 atom stereocenters. The zero-order valence-electron chi connectivity index (χ0n) is 15.7. The van der Waals surface area contributed by atoms with E-state index in [-0.39, 0.29) is 30.0 Å². The molecule has 0 saturated carbocycles. The van der Waals surface area contributed by atoms with Crippen LogP contribution < -0.4 is 27.2 Å². The van der Waals surface area contributed by atoms with Crippen molar-refractivity contribution in [2.75, 3.05) is 23.7 Å². The van der Waals surface area contributed by atoms with Gasteiger partial charge in [-0.1, -0.05) is 26.7 Å². The Labute approximate surface area is 148 Å². The molecule has 0 spiro atoms. The molecule has 0 saturated heterocycles. The summed E-state index contributed by atoms with van der Waals surface area (Å²) in [5.74, 6) is -0.0636.